The minimum absolute atomic E-state index is 0.0778. The first-order chi connectivity index (χ1) is 10.5. The van der Waals surface area contributed by atoms with Crippen LogP contribution in [-0.2, 0) is 9.53 Å². The van der Waals surface area contributed by atoms with Crippen molar-refractivity contribution in [2.45, 2.75) is 12.5 Å². The first-order valence-corrected chi connectivity index (χ1v) is 7.25. The van der Waals surface area contributed by atoms with Gasteiger partial charge in [-0.1, -0.05) is 6.07 Å². The molecule has 1 amide bonds. The van der Waals surface area contributed by atoms with Crippen LogP contribution < -0.4 is 5.32 Å². The third-order valence-electron chi connectivity index (χ3n) is 2.97. The SMILES string of the molecule is COC(=O)C[C@H](NC(=O)c1ccc(F)cc1F)c1cccs1. The van der Waals surface area contributed by atoms with Gasteiger partial charge in [0.25, 0.3) is 5.91 Å². The summed E-state index contributed by atoms with van der Waals surface area (Å²) in [4.78, 5) is 24.3. The number of carbonyl (C=O) groups excluding carboxylic acids is 2. The molecule has 1 heterocycles. The van der Waals surface area contributed by atoms with Crippen molar-refractivity contribution in [2.24, 2.45) is 0 Å². The average Bonchev–Trinajstić information content (AvgIpc) is 3.00. The van der Waals surface area contributed by atoms with Crippen molar-refractivity contribution in [1.82, 2.24) is 5.32 Å². The van der Waals surface area contributed by atoms with Crippen LogP contribution in [0.2, 0.25) is 0 Å². The number of carbonyl (C=O) groups is 2. The molecule has 0 aliphatic heterocycles. The van der Waals surface area contributed by atoms with E-state index in [-0.39, 0.29) is 12.0 Å². The summed E-state index contributed by atoms with van der Waals surface area (Å²) in [5, 5.41) is 4.37. The third-order valence-corrected chi connectivity index (χ3v) is 3.95. The van der Waals surface area contributed by atoms with Gasteiger partial charge < -0.3 is 10.1 Å². The molecule has 22 heavy (non-hydrogen) atoms. The molecule has 0 unspecified atom stereocenters. The molecular formula is C15H13F2NO3S. The van der Waals surface area contributed by atoms with Gasteiger partial charge in [0.05, 0.1) is 25.1 Å². The number of thiophene rings is 1. The number of esters is 1. The van der Waals surface area contributed by atoms with Gasteiger partial charge in [0, 0.05) is 10.9 Å². The highest BCUT2D eigenvalue weighted by Crippen LogP contribution is 2.23. The summed E-state index contributed by atoms with van der Waals surface area (Å²) in [6.45, 7) is 0. The summed E-state index contributed by atoms with van der Waals surface area (Å²) in [5.41, 5.74) is -0.284. The van der Waals surface area contributed by atoms with Gasteiger partial charge in [-0.3, -0.25) is 9.59 Å². The summed E-state index contributed by atoms with van der Waals surface area (Å²) in [6, 6.07) is 5.58. The molecule has 1 aromatic carbocycles. The highest BCUT2D eigenvalue weighted by Gasteiger charge is 2.22. The highest BCUT2D eigenvalue weighted by atomic mass is 32.1. The molecule has 2 rings (SSSR count). The van der Waals surface area contributed by atoms with Crippen LogP contribution in [0.5, 0.6) is 0 Å². The smallest absolute Gasteiger partial charge is 0.307 e. The molecule has 0 aliphatic carbocycles. The minimum Gasteiger partial charge on any atom is -0.469 e. The number of ether oxygens (including phenoxy) is 1. The predicted octanol–water partition coefficient (Wildman–Crippen LogP) is 3.06. The molecule has 4 nitrogen and oxygen atoms in total. The Hall–Kier alpha value is -2.28. The number of rotatable bonds is 5. The van der Waals surface area contributed by atoms with E-state index in [1.807, 2.05) is 0 Å². The summed E-state index contributed by atoms with van der Waals surface area (Å²) in [6.07, 6.45) is -0.0778. The number of nitrogens with one attached hydrogen (secondary N) is 1. The Kier molecular flexibility index (Phi) is 5.21. The Bertz CT molecular complexity index is 673. The summed E-state index contributed by atoms with van der Waals surface area (Å²) < 4.78 is 31.1. The molecule has 0 bridgehead atoms. The van der Waals surface area contributed by atoms with Crippen molar-refractivity contribution < 1.29 is 23.1 Å². The number of benzene rings is 1. The molecule has 0 saturated carbocycles. The van der Waals surface area contributed by atoms with E-state index in [2.05, 4.69) is 10.1 Å². The Morgan fingerprint density at radius 3 is 2.68 bits per heavy atom. The molecule has 2 aromatic rings. The molecule has 0 spiro atoms. The Morgan fingerprint density at radius 1 is 1.32 bits per heavy atom. The van der Waals surface area contributed by atoms with Crippen LogP contribution >= 0.6 is 11.3 Å². The lowest BCUT2D eigenvalue weighted by Crippen LogP contribution is -2.30. The van der Waals surface area contributed by atoms with Gasteiger partial charge in [-0.2, -0.15) is 0 Å². The highest BCUT2D eigenvalue weighted by molar-refractivity contribution is 7.10. The molecule has 1 atom stereocenters. The number of hydrogen-bond donors (Lipinski definition) is 1. The Morgan fingerprint density at radius 2 is 2.09 bits per heavy atom. The topological polar surface area (TPSA) is 55.4 Å². The van der Waals surface area contributed by atoms with Crippen LogP contribution in [0, 0.1) is 11.6 Å². The predicted molar refractivity (Wildman–Crippen MR) is 77.5 cm³/mol. The van der Waals surface area contributed by atoms with E-state index in [1.54, 1.807) is 17.5 Å². The molecular weight excluding hydrogens is 312 g/mol. The van der Waals surface area contributed by atoms with Crippen LogP contribution in [0.4, 0.5) is 8.78 Å². The largest absolute Gasteiger partial charge is 0.469 e. The molecule has 1 aromatic heterocycles. The Labute approximate surface area is 129 Å². The number of methoxy groups -OCH3 is 1. The fraction of sp³-hybridized carbons (Fsp3) is 0.200. The van der Waals surface area contributed by atoms with E-state index in [0.717, 1.165) is 17.0 Å². The fourth-order valence-electron chi connectivity index (χ4n) is 1.87. The normalized spacial score (nSPS) is 11.8. The zero-order valence-electron chi connectivity index (χ0n) is 11.6. The standard InChI is InChI=1S/C15H13F2NO3S/c1-21-14(19)8-12(13-3-2-6-22-13)18-15(20)10-5-4-9(16)7-11(10)17/h2-7,12H,8H2,1H3,(H,18,20)/t12-/m0/s1. The van der Waals surface area contributed by atoms with Crippen molar-refractivity contribution >= 4 is 23.2 Å². The lowest BCUT2D eigenvalue weighted by atomic mass is 10.1. The van der Waals surface area contributed by atoms with E-state index >= 15 is 0 Å². The molecule has 0 fully saturated rings. The first kappa shape index (κ1) is 16.1. The first-order valence-electron chi connectivity index (χ1n) is 6.37. The van der Waals surface area contributed by atoms with Crippen molar-refractivity contribution in [3.05, 3.63) is 57.8 Å². The zero-order valence-corrected chi connectivity index (χ0v) is 12.5. The quantitative estimate of drug-likeness (QED) is 0.860. The van der Waals surface area contributed by atoms with Crippen molar-refractivity contribution in [3.63, 3.8) is 0 Å². The van der Waals surface area contributed by atoms with Crippen molar-refractivity contribution in [3.8, 4) is 0 Å². The minimum atomic E-state index is -0.958. The molecule has 1 N–H and O–H groups in total. The summed E-state index contributed by atoms with van der Waals surface area (Å²) in [5.74, 6) is -2.95. The summed E-state index contributed by atoms with van der Waals surface area (Å²) in [7, 11) is 1.25. The fourth-order valence-corrected chi connectivity index (χ4v) is 2.65. The number of hydrogen-bond acceptors (Lipinski definition) is 4. The van der Waals surface area contributed by atoms with Crippen LogP contribution in [0.25, 0.3) is 0 Å². The van der Waals surface area contributed by atoms with E-state index in [1.165, 1.54) is 18.4 Å². The van der Waals surface area contributed by atoms with Gasteiger partial charge in [0.1, 0.15) is 11.6 Å². The molecule has 116 valence electrons. The maximum Gasteiger partial charge on any atom is 0.307 e. The van der Waals surface area contributed by atoms with Crippen molar-refractivity contribution in [1.29, 1.82) is 0 Å². The van der Waals surface area contributed by atoms with Gasteiger partial charge in [-0.15, -0.1) is 11.3 Å². The van der Waals surface area contributed by atoms with E-state index < -0.39 is 29.6 Å². The van der Waals surface area contributed by atoms with Gasteiger partial charge in [0.2, 0.25) is 0 Å². The second kappa shape index (κ2) is 7.13. The second-order valence-corrected chi connectivity index (χ2v) is 5.43. The average molecular weight is 325 g/mol. The van der Waals surface area contributed by atoms with Gasteiger partial charge in [-0.25, -0.2) is 8.78 Å². The number of amides is 1. The maximum atomic E-state index is 13.6. The lowest BCUT2D eigenvalue weighted by molar-refractivity contribution is -0.141. The second-order valence-electron chi connectivity index (χ2n) is 4.45. The van der Waals surface area contributed by atoms with E-state index in [9.17, 15) is 18.4 Å². The van der Waals surface area contributed by atoms with E-state index in [0.29, 0.717) is 6.07 Å². The molecule has 7 heteroatoms. The molecule has 0 saturated heterocycles. The van der Waals surface area contributed by atoms with Crippen LogP contribution in [0.3, 0.4) is 0 Å². The van der Waals surface area contributed by atoms with Crippen LogP contribution in [0.1, 0.15) is 27.7 Å². The van der Waals surface area contributed by atoms with Crippen molar-refractivity contribution in [2.75, 3.05) is 7.11 Å². The van der Waals surface area contributed by atoms with Gasteiger partial charge in [0.15, 0.2) is 0 Å². The summed E-state index contributed by atoms with van der Waals surface area (Å²) >= 11 is 1.35. The number of halogens is 2. The zero-order chi connectivity index (χ0) is 16.1. The molecule has 0 radical (unpaired) electrons. The lowest BCUT2D eigenvalue weighted by Gasteiger charge is -2.16. The van der Waals surface area contributed by atoms with Crippen LogP contribution in [0.15, 0.2) is 35.7 Å². The Balaban J connectivity index is 2.19. The third kappa shape index (κ3) is 3.88. The van der Waals surface area contributed by atoms with E-state index in [4.69, 9.17) is 0 Å². The van der Waals surface area contributed by atoms with Crippen LogP contribution in [-0.4, -0.2) is 19.0 Å². The van der Waals surface area contributed by atoms with Gasteiger partial charge in [-0.05, 0) is 23.6 Å². The monoisotopic (exact) mass is 325 g/mol. The maximum absolute atomic E-state index is 13.6. The molecule has 0 aliphatic rings. The van der Waals surface area contributed by atoms with Gasteiger partial charge >= 0.3 is 5.97 Å².